The third-order valence-electron chi connectivity index (χ3n) is 5.56. The highest BCUT2D eigenvalue weighted by atomic mass is 32.2. The molecule has 2 amide bonds. The number of amides is 2. The van der Waals surface area contributed by atoms with Crippen LogP contribution in [0.5, 0.6) is 0 Å². The highest BCUT2D eigenvalue weighted by Crippen LogP contribution is 2.25. The van der Waals surface area contributed by atoms with Crippen LogP contribution in [0.4, 0.5) is 5.69 Å². The molecule has 0 spiro atoms. The Hall–Kier alpha value is -2.71. The van der Waals surface area contributed by atoms with Gasteiger partial charge in [0.2, 0.25) is 15.9 Å². The van der Waals surface area contributed by atoms with E-state index in [1.807, 2.05) is 31.2 Å². The second-order valence-corrected chi connectivity index (χ2v) is 9.67. The van der Waals surface area contributed by atoms with E-state index in [1.165, 1.54) is 28.6 Å². The van der Waals surface area contributed by atoms with Crippen molar-refractivity contribution in [3.05, 3.63) is 59.7 Å². The lowest BCUT2D eigenvalue weighted by atomic mass is 10.1. The summed E-state index contributed by atoms with van der Waals surface area (Å²) in [5.41, 5.74) is 2.39. The molecule has 166 valence electrons. The molecule has 1 unspecified atom stereocenters. The molecule has 3 rings (SSSR count). The van der Waals surface area contributed by atoms with E-state index in [1.54, 1.807) is 18.7 Å². The average Bonchev–Trinajstić information content (AvgIpc) is 3.14. The largest absolute Gasteiger partial charge is 0.352 e. The molecule has 1 saturated heterocycles. The van der Waals surface area contributed by atoms with Gasteiger partial charge in [-0.1, -0.05) is 31.5 Å². The zero-order valence-corrected chi connectivity index (χ0v) is 19.0. The first kappa shape index (κ1) is 23.0. The smallest absolute Gasteiger partial charge is 0.251 e. The lowest BCUT2D eigenvalue weighted by Crippen LogP contribution is -2.32. The van der Waals surface area contributed by atoms with Crippen LogP contribution in [0.3, 0.4) is 0 Å². The van der Waals surface area contributed by atoms with Crippen molar-refractivity contribution >= 4 is 27.5 Å². The molecular formula is C23H29N3O4S. The van der Waals surface area contributed by atoms with E-state index in [-0.39, 0.29) is 22.6 Å². The molecule has 1 N–H and O–H groups in total. The van der Waals surface area contributed by atoms with E-state index < -0.39 is 10.0 Å². The molecule has 0 bridgehead atoms. The van der Waals surface area contributed by atoms with Crippen molar-refractivity contribution < 1.29 is 18.0 Å². The first-order chi connectivity index (χ1) is 14.8. The van der Waals surface area contributed by atoms with Gasteiger partial charge in [0.1, 0.15) is 0 Å². The molecule has 0 saturated carbocycles. The molecule has 0 aliphatic carbocycles. The summed E-state index contributed by atoms with van der Waals surface area (Å²) in [7, 11) is -3.55. The number of anilines is 1. The van der Waals surface area contributed by atoms with E-state index in [0.717, 1.165) is 11.3 Å². The van der Waals surface area contributed by atoms with E-state index >= 15 is 0 Å². The van der Waals surface area contributed by atoms with Gasteiger partial charge in [0.05, 0.1) is 4.90 Å². The minimum atomic E-state index is -3.55. The number of benzene rings is 2. The Morgan fingerprint density at radius 2 is 1.68 bits per heavy atom. The summed E-state index contributed by atoms with van der Waals surface area (Å²) in [6.45, 7) is 7.30. The van der Waals surface area contributed by atoms with Gasteiger partial charge in [0.25, 0.3) is 5.91 Å². The monoisotopic (exact) mass is 443 g/mol. The van der Waals surface area contributed by atoms with Gasteiger partial charge < -0.3 is 10.2 Å². The average molecular weight is 444 g/mol. The van der Waals surface area contributed by atoms with Gasteiger partial charge in [-0.15, -0.1) is 0 Å². The van der Waals surface area contributed by atoms with Gasteiger partial charge in [0, 0.05) is 49.8 Å². The van der Waals surface area contributed by atoms with Crippen LogP contribution in [0.15, 0.2) is 53.4 Å². The molecule has 2 aromatic carbocycles. The van der Waals surface area contributed by atoms with Gasteiger partial charge in [-0.25, -0.2) is 8.42 Å². The summed E-state index contributed by atoms with van der Waals surface area (Å²) in [4.78, 5) is 26.8. The van der Waals surface area contributed by atoms with Crippen LogP contribution in [-0.4, -0.2) is 50.7 Å². The Bertz CT molecular complexity index is 1030. The zero-order valence-electron chi connectivity index (χ0n) is 18.2. The number of nitrogens with zero attached hydrogens (tertiary/aromatic N) is 2. The summed E-state index contributed by atoms with van der Waals surface area (Å²) in [6.07, 6.45) is 0.384. The Kier molecular flexibility index (Phi) is 7.12. The number of sulfonamides is 1. The molecule has 0 radical (unpaired) electrons. The van der Waals surface area contributed by atoms with Gasteiger partial charge in [-0.3, -0.25) is 9.59 Å². The van der Waals surface area contributed by atoms with Crippen LogP contribution in [0.1, 0.15) is 36.2 Å². The summed E-state index contributed by atoms with van der Waals surface area (Å²) >= 11 is 0. The minimum Gasteiger partial charge on any atom is -0.352 e. The Balaban J connectivity index is 1.59. The molecule has 1 heterocycles. The van der Waals surface area contributed by atoms with Crippen LogP contribution >= 0.6 is 0 Å². The number of nitrogens with one attached hydrogen (secondary N) is 1. The number of hydrogen-bond acceptors (Lipinski definition) is 4. The summed E-state index contributed by atoms with van der Waals surface area (Å²) < 4.78 is 26.5. The number of rotatable bonds is 8. The molecule has 0 aromatic heterocycles. The first-order valence-corrected chi connectivity index (χ1v) is 12.0. The van der Waals surface area contributed by atoms with Crippen LogP contribution in [-0.2, 0) is 14.8 Å². The lowest BCUT2D eigenvalue weighted by molar-refractivity contribution is -0.117. The Morgan fingerprint density at radius 3 is 2.26 bits per heavy atom. The van der Waals surface area contributed by atoms with E-state index in [2.05, 4.69) is 5.32 Å². The van der Waals surface area contributed by atoms with Crippen molar-refractivity contribution in [1.29, 1.82) is 0 Å². The van der Waals surface area contributed by atoms with Crippen LogP contribution < -0.4 is 10.2 Å². The maximum absolute atomic E-state index is 12.6. The SMILES string of the molecule is CCN(CC)S(=O)(=O)c1ccc(C(=O)NCC2CC(=O)N(c3ccc(C)cc3)C2)cc1. The van der Waals surface area contributed by atoms with E-state index in [4.69, 9.17) is 0 Å². The highest BCUT2D eigenvalue weighted by Gasteiger charge is 2.30. The summed E-state index contributed by atoms with van der Waals surface area (Å²) in [5.74, 6) is -0.206. The number of aryl methyl sites for hydroxylation is 1. The molecular weight excluding hydrogens is 414 g/mol. The fourth-order valence-corrected chi connectivity index (χ4v) is 5.18. The summed E-state index contributed by atoms with van der Waals surface area (Å²) in [6, 6.07) is 13.8. The van der Waals surface area contributed by atoms with Crippen molar-refractivity contribution in [1.82, 2.24) is 9.62 Å². The second-order valence-electron chi connectivity index (χ2n) is 7.73. The van der Waals surface area contributed by atoms with Crippen LogP contribution in [0, 0.1) is 12.8 Å². The van der Waals surface area contributed by atoms with Gasteiger partial charge in [-0.05, 0) is 43.3 Å². The van der Waals surface area contributed by atoms with E-state index in [9.17, 15) is 18.0 Å². The van der Waals surface area contributed by atoms with E-state index in [0.29, 0.717) is 38.2 Å². The zero-order chi connectivity index (χ0) is 22.6. The van der Waals surface area contributed by atoms with Crippen molar-refractivity contribution in [2.24, 2.45) is 5.92 Å². The third-order valence-corrected chi connectivity index (χ3v) is 7.63. The van der Waals surface area contributed by atoms with Crippen molar-refractivity contribution in [2.45, 2.75) is 32.1 Å². The quantitative estimate of drug-likeness (QED) is 0.680. The molecule has 1 aliphatic rings. The predicted molar refractivity (Wildman–Crippen MR) is 121 cm³/mol. The second kappa shape index (κ2) is 9.62. The standard InChI is InChI=1S/C23H29N3O4S/c1-4-25(5-2)31(29,30)21-12-8-19(9-13-21)23(28)24-15-18-14-22(27)26(16-18)20-10-6-17(3)7-11-20/h6-13,18H,4-5,14-16H2,1-3H3,(H,24,28). The highest BCUT2D eigenvalue weighted by molar-refractivity contribution is 7.89. The van der Waals surface area contributed by atoms with Crippen molar-refractivity contribution in [2.75, 3.05) is 31.1 Å². The molecule has 7 nitrogen and oxygen atoms in total. The molecule has 8 heteroatoms. The molecule has 1 aliphatic heterocycles. The maximum Gasteiger partial charge on any atom is 0.251 e. The topological polar surface area (TPSA) is 86.8 Å². The first-order valence-electron chi connectivity index (χ1n) is 10.5. The predicted octanol–water partition coefficient (Wildman–Crippen LogP) is 2.81. The third kappa shape index (κ3) is 5.14. The maximum atomic E-state index is 12.6. The van der Waals surface area contributed by atoms with Gasteiger partial charge >= 0.3 is 0 Å². The lowest BCUT2D eigenvalue weighted by Gasteiger charge is -2.18. The fourth-order valence-electron chi connectivity index (χ4n) is 3.72. The molecule has 31 heavy (non-hydrogen) atoms. The van der Waals surface area contributed by atoms with Gasteiger partial charge in [-0.2, -0.15) is 4.31 Å². The fraction of sp³-hybridized carbons (Fsp3) is 0.391. The summed E-state index contributed by atoms with van der Waals surface area (Å²) in [5, 5.41) is 2.87. The Morgan fingerprint density at radius 1 is 1.06 bits per heavy atom. The normalized spacial score (nSPS) is 16.7. The molecule has 1 atom stereocenters. The van der Waals surface area contributed by atoms with Crippen molar-refractivity contribution in [3.8, 4) is 0 Å². The Labute approximate surface area is 184 Å². The number of hydrogen-bond donors (Lipinski definition) is 1. The minimum absolute atomic E-state index is 0.0278. The number of carbonyl (C=O) groups excluding carboxylic acids is 2. The number of carbonyl (C=O) groups is 2. The molecule has 1 fully saturated rings. The molecule has 2 aromatic rings. The van der Waals surface area contributed by atoms with Crippen molar-refractivity contribution in [3.63, 3.8) is 0 Å². The van der Waals surface area contributed by atoms with Gasteiger partial charge in [0.15, 0.2) is 0 Å². The van der Waals surface area contributed by atoms with Crippen LogP contribution in [0.2, 0.25) is 0 Å². The van der Waals surface area contributed by atoms with Crippen LogP contribution in [0.25, 0.3) is 0 Å².